The molecule has 21 heavy (non-hydrogen) atoms. The number of aromatic amines is 1. The zero-order valence-corrected chi connectivity index (χ0v) is 12.9. The van der Waals surface area contributed by atoms with Crippen molar-refractivity contribution in [1.82, 2.24) is 9.97 Å². The molecular formula is C17H14BrN3. The molecule has 3 rings (SSSR count). The number of nitrogens with two attached hydrogens (primary N) is 1. The van der Waals surface area contributed by atoms with Crippen LogP contribution >= 0.6 is 15.9 Å². The Labute approximate surface area is 130 Å². The molecule has 0 atom stereocenters. The van der Waals surface area contributed by atoms with Crippen molar-refractivity contribution < 1.29 is 0 Å². The Balaban J connectivity index is 2.26. The minimum Gasteiger partial charge on any atom is -0.403 e. The first kappa shape index (κ1) is 13.6. The Hall–Kier alpha value is -2.33. The van der Waals surface area contributed by atoms with Crippen LogP contribution in [0.1, 0.15) is 5.56 Å². The minimum atomic E-state index is 0.883. The molecule has 0 unspecified atom stereocenters. The van der Waals surface area contributed by atoms with Crippen molar-refractivity contribution in [2.45, 2.75) is 0 Å². The smallest absolute Gasteiger partial charge is 0.0622 e. The molecule has 104 valence electrons. The van der Waals surface area contributed by atoms with Crippen LogP contribution in [-0.2, 0) is 0 Å². The molecule has 2 heterocycles. The molecule has 1 aromatic carbocycles. The number of nitrogens with zero attached hydrogens (tertiary/aromatic N) is 1. The lowest BCUT2D eigenvalue weighted by Crippen LogP contribution is -2.24. The first-order valence-electron chi connectivity index (χ1n) is 6.49. The molecule has 0 aliphatic heterocycles. The predicted molar refractivity (Wildman–Crippen MR) is 91.6 cm³/mol. The highest BCUT2D eigenvalue weighted by molar-refractivity contribution is 9.10. The number of rotatable bonds is 2. The van der Waals surface area contributed by atoms with Gasteiger partial charge in [0.05, 0.1) is 5.35 Å². The highest BCUT2D eigenvalue weighted by atomic mass is 79.9. The molecule has 0 bridgehead atoms. The number of hydrogen-bond acceptors (Lipinski definition) is 2. The van der Waals surface area contributed by atoms with Gasteiger partial charge in [-0.05, 0) is 41.5 Å². The number of nitrogens with one attached hydrogen (secondary N) is 1. The summed E-state index contributed by atoms with van der Waals surface area (Å²) in [5.74, 6) is 0. The van der Waals surface area contributed by atoms with E-state index in [-0.39, 0.29) is 0 Å². The fourth-order valence-electron chi connectivity index (χ4n) is 2.30. The second kappa shape index (κ2) is 5.58. The summed E-state index contributed by atoms with van der Waals surface area (Å²) in [5, 5.41) is 3.02. The zero-order valence-electron chi connectivity index (χ0n) is 11.3. The third-order valence-corrected chi connectivity index (χ3v) is 3.84. The van der Waals surface area contributed by atoms with E-state index in [4.69, 9.17) is 5.73 Å². The molecule has 4 heteroatoms. The van der Waals surface area contributed by atoms with Crippen LogP contribution < -0.4 is 16.3 Å². The lowest BCUT2D eigenvalue weighted by Gasteiger charge is -1.98. The number of fused-ring (bicyclic) bond motifs is 1. The molecule has 0 saturated heterocycles. The van der Waals surface area contributed by atoms with E-state index in [0.29, 0.717) is 0 Å². The normalized spacial score (nSPS) is 13.0. The number of H-pyrrole nitrogens is 1. The third kappa shape index (κ3) is 2.62. The number of halogens is 1. The first-order valence-corrected chi connectivity index (χ1v) is 7.28. The van der Waals surface area contributed by atoms with Gasteiger partial charge in [-0.2, -0.15) is 0 Å². The lowest BCUT2D eigenvalue weighted by molar-refractivity contribution is 1.31. The van der Waals surface area contributed by atoms with E-state index >= 15 is 0 Å². The summed E-state index contributed by atoms with van der Waals surface area (Å²) in [7, 11) is 0. The van der Waals surface area contributed by atoms with Crippen molar-refractivity contribution in [3.8, 4) is 0 Å². The quantitative estimate of drug-likeness (QED) is 0.753. The van der Waals surface area contributed by atoms with E-state index in [1.165, 1.54) is 0 Å². The average Bonchev–Trinajstić information content (AvgIpc) is 2.85. The Morgan fingerprint density at radius 2 is 2.19 bits per heavy atom. The molecule has 0 aliphatic carbocycles. The standard InChI is InChI=1S/C17H14BrN3/c1-11(12-3-2-6-20-10-12)7-14-15-8-13(18)4-5-16(15)21-17(14)9-19/h2-10,21H,1,19H2/b14-7-,17-9+. The van der Waals surface area contributed by atoms with E-state index in [1.54, 1.807) is 18.6 Å². The van der Waals surface area contributed by atoms with E-state index < -0.39 is 0 Å². The van der Waals surface area contributed by atoms with Crippen molar-refractivity contribution in [2.24, 2.45) is 5.73 Å². The molecule has 0 fully saturated rings. The van der Waals surface area contributed by atoms with Gasteiger partial charge in [0.1, 0.15) is 0 Å². The molecule has 0 radical (unpaired) electrons. The SMILES string of the molecule is C=C(/C=c1\c(=C/N)[nH]c2ccc(Br)cc12)c1cccnc1. The summed E-state index contributed by atoms with van der Waals surface area (Å²) >= 11 is 3.51. The van der Waals surface area contributed by atoms with Gasteiger partial charge in [0, 0.05) is 39.2 Å². The van der Waals surface area contributed by atoms with Crippen LogP contribution in [-0.4, -0.2) is 9.97 Å². The van der Waals surface area contributed by atoms with Gasteiger partial charge < -0.3 is 10.7 Å². The van der Waals surface area contributed by atoms with Crippen LogP contribution in [0.15, 0.2) is 53.8 Å². The summed E-state index contributed by atoms with van der Waals surface area (Å²) < 4.78 is 1.03. The summed E-state index contributed by atoms with van der Waals surface area (Å²) in [6.45, 7) is 4.13. The second-order valence-corrected chi connectivity index (χ2v) is 5.64. The van der Waals surface area contributed by atoms with E-state index in [0.717, 1.165) is 37.1 Å². The highest BCUT2D eigenvalue weighted by Gasteiger charge is 2.02. The average molecular weight is 340 g/mol. The van der Waals surface area contributed by atoms with Gasteiger partial charge in [-0.25, -0.2) is 0 Å². The molecule has 0 amide bonds. The van der Waals surface area contributed by atoms with Crippen molar-refractivity contribution in [1.29, 1.82) is 0 Å². The van der Waals surface area contributed by atoms with E-state index in [2.05, 4.69) is 38.5 Å². The first-order chi connectivity index (χ1) is 10.2. The summed E-state index contributed by atoms with van der Waals surface area (Å²) in [6, 6.07) is 9.98. The fourth-order valence-corrected chi connectivity index (χ4v) is 2.66. The van der Waals surface area contributed by atoms with Gasteiger partial charge in [0.15, 0.2) is 0 Å². The summed E-state index contributed by atoms with van der Waals surface area (Å²) in [4.78, 5) is 7.43. The minimum absolute atomic E-state index is 0.883. The highest BCUT2D eigenvalue weighted by Crippen LogP contribution is 2.16. The largest absolute Gasteiger partial charge is 0.403 e. The number of hydrogen-bond donors (Lipinski definition) is 2. The maximum Gasteiger partial charge on any atom is 0.0622 e. The maximum absolute atomic E-state index is 5.74. The van der Waals surface area contributed by atoms with Gasteiger partial charge >= 0.3 is 0 Å². The molecule has 3 nitrogen and oxygen atoms in total. The third-order valence-electron chi connectivity index (χ3n) is 3.35. The van der Waals surface area contributed by atoms with Gasteiger partial charge in [-0.3, -0.25) is 4.98 Å². The zero-order chi connectivity index (χ0) is 14.8. The fraction of sp³-hybridized carbons (Fsp3) is 0. The summed E-state index contributed by atoms with van der Waals surface area (Å²) in [6.07, 6.45) is 7.16. The Kier molecular flexibility index (Phi) is 3.62. The number of benzene rings is 1. The molecule has 3 aromatic rings. The van der Waals surface area contributed by atoms with Gasteiger partial charge in [0.2, 0.25) is 0 Å². The van der Waals surface area contributed by atoms with Crippen molar-refractivity contribution in [3.05, 3.63) is 69.9 Å². The van der Waals surface area contributed by atoms with Gasteiger partial charge in [-0.1, -0.05) is 28.6 Å². The molecular weight excluding hydrogens is 326 g/mol. The Bertz CT molecular complexity index is 924. The van der Waals surface area contributed by atoms with Crippen LogP contribution in [0.5, 0.6) is 0 Å². The van der Waals surface area contributed by atoms with Crippen molar-refractivity contribution in [3.63, 3.8) is 0 Å². The van der Waals surface area contributed by atoms with E-state index in [1.807, 2.05) is 30.3 Å². The second-order valence-electron chi connectivity index (χ2n) is 4.72. The summed E-state index contributed by atoms with van der Waals surface area (Å²) in [5.41, 5.74) is 8.66. The van der Waals surface area contributed by atoms with Gasteiger partial charge in [-0.15, -0.1) is 0 Å². The van der Waals surface area contributed by atoms with Crippen LogP contribution in [0.25, 0.3) is 28.8 Å². The Morgan fingerprint density at radius 1 is 1.33 bits per heavy atom. The van der Waals surface area contributed by atoms with E-state index in [9.17, 15) is 0 Å². The van der Waals surface area contributed by atoms with Gasteiger partial charge in [0.25, 0.3) is 0 Å². The molecule has 3 N–H and O–H groups in total. The molecule has 0 aliphatic rings. The molecule has 2 aromatic heterocycles. The number of aromatic nitrogens is 2. The maximum atomic E-state index is 5.74. The van der Waals surface area contributed by atoms with Crippen LogP contribution in [0.4, 0.5) is 0 Å². The van der Waals surface area contributed by atoms with Crippen LogP contribution in [0.3, 0.4) is 0 Å². The molecule has 0 saturated carbocycles. The van der Waals surface area contributed by atoms with Crippen molar-refractivity contribution >= 4 is 44.7 Å². The topological polar surface area (TPSA) is 54.7 Å². The van der Waals surface area contributed by atoms with Crippen LogP contribution in [0, 0.1) is 0 Å². The van der Waals surface area contributed by atoms with Crippen LogP contribution in [0.2, 0.25) is 0 Å². The predicted octanol–water partition coefficient (Wildman–Crippen LogP) is 2.52. The van der Waals surface area contributed by atoms with Crippen molar-refractivity contribution in [2.75, 3.05) is 0 Å². The monoisotopic (exact) mass is 339 g/mol. The number of allylic oxidation sites excluding steroid dienone is 1. The molecule has 0 spiro atoms. The lowest BCUT2D eigenvalue weighted by atomic mass is 10.1. The number of pyridine rings is 1. The Morgan fingerprint density at radius 3 is 2.90 bits per heavy atom.